The SMILES string of the molecule is CC(C)C[C@H](NC(=O)c1c(O)c2ccccc2n(OCC2CC2)c1=O)C(=O)O. The fourth-order valence-corrected chi connectivity index (χ4v) is 3.02. The van der Waals surface area contributed by atoms with Crippen molar-refractivity contribution in [3.8, 4) is 5.75 Å². The van der Waals surface area contributed by atoms with E-state index in [1.807, 2.05) is 13.8 Å². The summed E-state index contributed by atoms with van der Waals surface area (Å²) in [5.41, 5.74) is -0.994. The number of aromatic hydroxyl groups is 1. The van der Waals surface area contributed by atoms with E-state index in [9.17, 15) is 24.6 Å². The molecule has 3 rings (SSSR count). The third-order valence-corrected chi connectivity index (χ3v) is 4.69. The average Bonchev–Trinajstić information content (AvgIpc) is 3.45. The number of carboxylic acids is 1. The van der Waals surface area contributed by atoms with Crippen molar-refractivity contribution in [2.45, 2.75) is 39.2 Å². The first kappa shape index (κ1) is 19.7. The molecular weight excluding hydrogens is 364 g/mol. The number of rotatable bonds is 8. The number of nitrogens with zero attached hydrogens (tertiary/aromatic N) is 1. The van der Waals surface area contributed by atoms with Gasteiger partial charge in [-0.1, -0.05) is 26.0 Å². The van der Waals surface area contributed by atoms with Crippen molar-refractivity contribution >= 4 is 22.8 Å². The molecule has 1 aliphatic rings. The molecule has 0 radical (unpaired) electrons. The van der Waals surface area contributed by atoms with E-state index in [0.717, 1.165) is 17.6 Å². The van der Waals surface area contributed by atoms with Crippen molar-refractivity contribution in [1.29, 1.82) is 0 Å². The van der Waals surface area contributed by atoms with Gasteiger partial charge in [0.15, 0.2) is 5.56 Å². The molecule has 2 aromatic rings. The molecule has 8 heteroatoms. The zero-order valence-electron chi connectivity index (χ0n) is 15.8. The van der Waals surface area contributed by atoms with E-state index in [1.54, 1.807) is 24.3 Å². The summed E-state index contributed by atoms with van der Waals surface area (Å²) in [7, 11) is 0. The van der Waals surface area contributed by atoms with Crippen molar-refractivity contribution in [3.05, 3.63) is 40.2 Å². The van der Waals surface area contributed by atoms with Crippen LogP contribution >= 0.6 is 0 Å². The topological polar surface area (TPSA) is 118 Å². The van der Waals surface area contributed by atoms with Crippen LogP contribution in [-0.2, 0) is 4.79 Å². The predicted octanol–water partition coefficient (Wildman–Crippen LogP) is 1.77. The smallest absolute Gasteiger partial charge is 0.326 e. The summed E-state index contributed by atoms with van der Waals surface area (Å²) in [6.45, 7) is 3.99. The van der Waals surface area contributed by atoms with Crippen LogP contribution in [0.15, 0.2) is 29.1 Å². The quantitative estimate of drug-likeness (QED) is 0.634. The van der Waals surface area contributed by atoms with Gasteiger partial charge < -0.3 is 20.4 Å². The van der Waals surface area contributed by atoms with Crippen LogP contribution in [0.4, 0.5) is 0 Å². The highest BCUT2D eigenvalue weighted by atomic mass is 16.7. The van der Waals surface area contributed by atoms with Crippen LogP contribution in [0.2, 0.25) is 0 Å². The van der Waals surface area contributed by atoms with E-state index >= 15 is 0 Å². The second-order valence-corrected chi connectivity index (χ2v) is 7.57. The number of carboxylic acid groups (broad SMARTS) is 1. The van der Waals surface area contributed by atoms with Crippen molar-refractivity contribution in [1.82, 2.24) is 10.0 Å². The van der Waals surface area contributed by atoms with E-state index in [-0.39, 0.29) is 17.7 Å². The van der Waals surface area contributed by atoms with Gasteiger partial charge in [0.05, 0.1) is 5.52 Å². The first-order valence-corrected chi connectivity index (χ1v) is 9.33. The zero-order valence-corrected chi connectivity index (χ0v) is 15.8. The Morgan fingerprint density at radius 1 is 1.29 bits per heavy atom. The molecule has 1 aromatic heterocycles. The molecule has 1 atom stereocenters. The Labute approximate surface area is 161 Å². The largest absolute Gasteiger partial charge is 0.506 e. The Morgan fingerprint density at radius 2 is 1.96 bits per heavy atom. The molecule has 1 heterocycles. The molecule has 0 saturated heterocycles. The number of aromatic nitrogens is 1. The van der Waals surface area contributed by atoms with E-state index < -0.39 is 34.8 Å². The highest BCUT2D eigenvalue weighted by Crippen LogP contribution is 2.29. The van der Waals surface area contributed by atoms with E-state index in [0.29, 0.717) is 18.0 Å². The maximum absolute atomic E-state index is 12.9. The molecule has 0 unspecified atom stereocenters. The number of hydrogen-bond acceptors (Lipinski definition) is 5. The Kier molecular flexibility index (Phi) is 5.58. The van der Waals surface area contributed by atoms with Crippen molar-refractivity contribution < 1.29 is 24.6 Å². The van der Waals surface area contributed by atoms with Crippen molar-refractivity contribution in [3.63, 3.8) is 0 Å². The van der Waals surface area contributed by atoms with Crippen molar-refractivity contribution in [2.75, 3.05) is 6.61 Å². The lowest BCUT2D eigenvalue weighted by atomic mass is 10.0. The summed E-state index contributed by atoms with van der Waals surface area (Å²) in [6, 6.07) is 5.38. The van der Waals surface area contributed by atoms with Crippen LogP contribution in [0.1, 0.15) is 43.5 Å². The highest BCUT2D eigenvalue weighted by Gasteiger charge is 2.29. The van der Waals surface area contributed by atoms with Gasteiger partial charge in [0.1, 0.15) is 18.4 Å². The molecule has 1 fully saturated rings. The molecule has 28 heavy (non-hydrogen) atoms. The number of nitrogens with one attached hydrogen (secondary N) is 1. The van der Waals surface area contributed by atoms with Gasteiger partial charge in [-0.05, 0) is 43.2 Å². The monoisotopic (exact) mass is 388 g/mol. The molecule has 0 aliphatic heterocycles. The molecule has 1 saturated carbocycles. The third-order valence-electron chi connectivity index (χ3n) is 4.69. The number of carbonyl (C=O) groups excluding carboxylic acids is 1. The summed E-state index contributed by atoms with van der Waals surface area (Å²) < 4.78 is 1.01. The van der Waals surface area contributed by atoms with Gasteiger partial charge in [-0.3, -0.25) is 9.59 Å². The Balaban J connectivity index is 2.02. The second kappa shape index (κ2) is 7.92. The van der Waals surface area contributed by atoms with Gasteiger partial charge in [-0.2, -0.15) is 0 Å². The molecule has 150 valence electrons. The van der Waals surface area contributed by atoms with Crippen LogP contribution in [0, 0.1) is 11.8 Å². The minimum Gasteiger partial charge on any atom is -0.506 e. The fourth-order valence-electron chi connectivity index (χ4n) is 3.02. The van der Waals surface area contributed by atoms with Crippen LogP contribution in [0.25, 0.3) is 10.9 Å². The average molecular weight is 388 g/mol. The van der Waals surface area contributed by atoms with Crippen LogP contribution in [0.5, 0.6) is 5.75 Å². The summed E-state index contributed by atoms with van der Waals surface area (Å²) in [5.74, 6) is -2.24. The molecular formula is C20H24N2O6. The molecule has 0 spiro atoms. The number of pyridine rings is 1. The number of carbonyl (C=O) groups is 2. The number of hydrogen-bond donors (Lipinski definition) is 3. The van der Waals surface area contributed by atoms with Gasteiger partial charge in [0.2, 0.25) is 0 Å². The molecule has 8 nitrogen and oxygen atoms in total. The molecule has 0 bridgehead atoms. The Bertz CT molecular complexity index is 961. The number of benzene rings is 1. The third kappa shape index (κ3) is 4.11. The van der Waals surface area contributed by atoms with Gasteiger partial charge in [0, 0.05) is 5.39 Å². The highest BCUT2D eigenvalue weighted by molar-refractivity contribution is 6.03. The first-order chi connectivity index (χ1) is 13.3. The van der Waals surface area contributed by atoms with Gasteiger partial charge in [0.25, 0.3) is 11.5 Å². The van der Waals surface area contributed by atoms with Crippen LogP contribution in [-0.4, -0.2) is 39.5 Å². The molecule has 1 aromatic carbocycles. The number of fused-ring (bicyclic) bond motifs is 1. The predicted molar refractivity (Wildman–Crippen MR) is 102 cm³/mol. The number of para-hydroxylation sites is 1. The van der Waals surface area contributed by atoms with Gasteiger partial charge in [-0.25, -0.2) is 4.79 Å². The van der Waals surface area contributed by atoms with E-state index in [4.69, 9.17) is 4.84 Å². The lowest BCUT2D eigenvalue weighted by Crippen LogP contribution is -2.44. The summed E-state index contributed by atoms with van der Waals surface area (Å²) >= 11 is 0. The maximum Gasteiger partial charge on any atom is 0.326 e. The van der Waals surface area contributed by atoms with Gasteiger partial charge >= 0.3 is 5.97 Å². The lowest BCUT2D eigenvalue weighted by molar-refractivity contribution is -0.139. The minimum absolute atomic E-state index is 0.0186. The van der Waals surface area contributed by atoms with Crippen LogP contribution < -0.4 is 15.7 Å². The van der Waals surface area contributed by atoms with E-state index in [2.05, 4.69) is 5.32 Å². The fraction of sp³-hybridized carbons (Fsp3) is 0.450. The molecule has 1 aliphatic carbocycles. The van der Waals surface area contributed by atoms with Crippen molar-refractivity contribution in [2.24, 2.45) is 11.8 Å². The Hall–Kier alpha value is -3.03. The second-order valence-electron chi connectivity index (χ2n) is 7.57. The normalized spacial score (nSPS) is 14.8. The zero-order chi connectivity index (χ0) is 20.4. The van der Waals surface area contributed by atoms with Crippen LogP contribution in [0.3, 0.4) is 0 Å². The number of amides is 1. The lowest BCUT2D eigenvalue weighted by Gasteiger charge is -2.18. The first-order valence-electron chi connectivity index (χ1n) is 9.33. The standard InChI is InChI=1S/C20H24N2O6/c1-11(2)9-14(20(26)27)21-18(24)16-17(23)13-5-3-4-6-15(13)22(19(16)25)28-10-12-7-8-12/h3-6,11-12,14,23H,7-10H2,1-2H3,(H,21,24)(H,26,27)/t14-/m0/s1. The summed E-state index contributed by atoms with van der Waals surface area (Å²) in [4.78, 5) is 42.7. The Morgan fingerprint density at radius 3 is 2.57 bits per heavy atom. The summed E-state index contributed by atoms with van der Waals surface area (Å²) in [6.07, 6.45) is 2.24. The minimum atomic E-state index is -1.20. The number of aliphatic carboxylic acids is 1. The maximum atomic E-state index is 12.9. The van der Waals surface area contributed by atoms with Gasteiger partial charge in [-0.15, -0.1) is 4.73 Å². The summed E-state index contributed by atoms with van der Waals surface area (Å²) in [5, 5.41) is 22.5. The van der Waals surface area contributed by atoms with E-state index in [1.165, 1.54) is 0 Å². The molecule has 1 amide bonds. The molecule has 3 N–H and O–H groups in total.